The molecular weight excluding hydrogens is 252 g/mol. The molecule has 0 bridgehead atoms. The van der Waals surface area contributed by atoms with Crippen LogP contribution in [0.2, 0.25) is 0 Å². The number of benzene rings is 1. The summed E-state index contributed by atoms with van der Waals surface area (Å²) in [6.45, 7) is 6.47. The SMILES string of the molecule is CCNC1COCC1c1nnc(C)n1-c1ccccc1. The summed E-state index contributed by atoms with van der Waals surface area (Å²) in [5, 5.41) is 12.1. The van der Waals surface area contributed by atoms with E-state index in [-0.39, 0.29) is 5.92 Å². The molecule has 1 saturated heterocycles. The van der Waals surface area contributed by atoms with Gasteiger partial charge in [-0.25, -0.2) is 0 Å². The van der Waals surface area contributed by atoms with E-state index < -0.39 is 0 Å². The van der Waals surface area contributed by atoms with Gasteiger partial charge >= 0.3 is 0 Å². The van der Waals surface area contributed by atoms with Crippen molar-refractivity contribution in [1.29, 1.82) is 0 Å². The number of para-hydroxylation sites is 1. The number of aromatic nitrogens is 3. The zero-order valence-electron chi connectivity index (χ0n) is 11.9. The van der Waals surface area contributed by atoms with Crippen LogP contribution in [-0.4, -0.2) is 40.6 Å². The summed E-state index contributed by atoms with van der Waals surface area (Å²) < 4.78 is 7.76. The molecule has 1 aromatic carbocycles. The average Bonchev–Trinajstić information content (AvgIpc) is 3.06. The Kier molecular flexibility index (Phi) is 3.80. The summed E-state index contributed by atoms with van der Waals surface area (Å²) in [6.07, 6.45) is 0. The maximum absolute atomic E-state index is 5.63. The van der Waals surface area contributed by atoms with Gasteiger partial charge in [0.15, 0.2) is 0 Å². The fourth-order valence-electron chi connectivity index (χ4n) is 2.79. The molecule has 0 amide bonds. The largest absolute Gasteiger partial charge is 0.379 e. The third-order valence-electron chi connectivity index (χ3n) is 3.74. The molecule has 20 heavy (non-hydrogen) atoms. The maximum Gasteiger partial charge on any atom is 0.144 e. The third-order valence-corrected chi connectivity index (χ3v) is 3.74. The first-order chi connectivity index (χ1) is 9.81. The maximum atomic E-state index is 5.63. The number of rotatable bonds is 4. The van der Waals surface area contributed by atoms with Crippen molar-refractivity contribution in [3.63, 3.8) is 0 Å². The second-order valence-electron chi connectivity index (χ2n) is 5.08. The lowest BCUT2D eigenvalue weighted by Gasteiger charge is -2.19. The number of aryl methyl sites for hydroxylation is 1. The van der Waals surface area contributed by atoms with Gasteiger partial charge in [0.25, 0.3) is 0 Å². The Morgan fingerprint density at radius 1 is 1.25 bits per heavy atom. The summed E-state index contributed by atoms with van der Waals surface area (Å²) in [5.41, 5.74) is 1.10. The van der Waals surface area contributed by atoms with E-state index in [9.17, 15) is 0 Å². The molecule has 2 unspecified atom stereocenters. The van der Waals surface area contributed by atoms with E-state index in [4.69, 9.17) is 4.74 Å². The number of hydrogen-bond acceptors (Lipinski definition) is 4. The number of nitrogens with one attached hydrogen (secondary N) is 1. The van der Waals surface area contributed by atoms with Crippen LogP contribution in [0.5, 0.6) is 0 Å². The van der Waals surface area contributed by atoms with E-state index in [1.54, 1.807) is 0 Å². The van der Waals surface area contributed by atoms with Gasteiger partial charge in [0.2, 0.25) is 0 Å². The molecule has 1 aliphatic rings. The van der Waals surface area contributed by atoms with Crippen molar-refractivity contribution < 1.29 is 4.74 Å². The van der Waals surface area contributed by atoms with Gasteiger partial charge in [0.05, 0.1) is 19.1 Å². The molecule has 1 fully saturated rings. The molecule has 106 valence electrons. The third kappa shape index (κ3) is 2.34. The van der Waals surface area contributed by atoms with Crippen molar-refractivity contribution in [3.8, 4) is 5.69 Å². The molecule has 0 spiro atoms. The van der Waals surface area contributed by atoms with Gasteiger partial charge in [-0.1, -0.05) is 25.1 Å². The summed E-state index contributed by atoms with van der Waals surface area (Å²) in [6, 6.07) is 10.6. The molecule has 0 aliphatic carbocycles. The second-order valence-corrected chi connectivity index (χ2v) is 5.08. The van der Waals surface area contributed by atoms with Gasteiger partial charge in [0, 0.05) is 11.7 Å². The molecule has 1 N–H and O–H groups in total. The molecule has 0 radical (unpaired) electrons. The van der Waals surface area contributed by atoms with Crippen LogP contribution in [0.25, 0.3) is 5.69 Å². The van der Waals surface area contributed by atoms with Crippen molar-refractivity contribution >= 4 is 0 Å². The van der Waals surface area contributed by atoms with E-state index in [2.05, 4.69) is 39.1 Å². The predicted molar refractivity (Wildman–Crippen MR) is 77.1 cm³/mol. The summed E-state index contributed by atoms with van der Waals surface area (Å²) >= 11 is 0. The van der Waals surface area contributed by atoms with Gasteiger partial charge in [0.1, 0.15) is 11.6 Å². The van der Waals surface area contributed by atoms with Crippen LogP contribution in [0.3, 0.4) is 0 Å². The van der Waals surface area contributed by atoms with Gasteiger partial charge < -0.3 is 10.1 Å². The first-order valence-corrected chi connectivity index (χ1v) is 7.09. The van der Waals surface area contributed by atoms with Crippen LogP contribution in [0.1, 0.15) is 24.5 Å². The molecule has 1 aromatic heterocycles. The quantitative estimate of drug-likeness (QED) is 0.920. The van der Waals surface area contributed by atoms with Crippen LogP contribution in [0.4, 0.5) is 0 Å². The average molecular weight is 272 g/mol. The number of hydrogen-bond donors (Lipinski definition) is 1. The highest BCUT2D eigenvalue weighted by Crippen LogP contribution is 2.27. The van der Waals surface area contributed by atoms with Crippen LogP contribution in [0, 0.1) is 6.92 Å². The summed E-state index contributed by atoms with van der Waals surface area (Å²) in [5.74, 6) is 2.14. The molecule has 1 aliphatic heterocycles. The van der Waals surface area contributed by atoms with E-state index in [0.717, 1.165) is 30.5 Å². The molecular formula is C15H20N4O. The van der Waals surface area contributed by atoms with Crippen LogP contribution in [-0.2, 0) is 4.74 Å². The van der Waals surface area contributed by atoms with E-state index in [1.165, 1.54) is 0 Å². The van der Waals surface area contributed by atoms with Crippen molar-refractivity contribution in [2.24, 2.45) is 0 Å². The zero-order valence-corrected chi connectivity index (χ0v) is 11.9. The first-order valence-electron chi connectivity index (χ1n) is 7.09. The smallest absolute Gasteiger partial charge is 0.144 e. The van der Waals surface area contributed by atoms with Crippen molar-refractivity contribution in [3.05, 3.63) is 42.0 Å². The number of nitrogens with zero attached hydrogens (tertiary/aromatic N) is 3. The van der Waals surface area contributed by atoms with E-state index in [1.807, 2.05) is 25.1 Å². The highest BCUT2D eigenvalue weighted by atomic mass is 16.5. The Labute approximate surface area is 119 Å². The van der Waals surface area contributed by atoms with E-state index in [0.29, 0.717) is 12.6 Å². The Morgan fingerprint density at radius 2 is 2.05 bits per heavy atom. The minimum absolute atomic E-state index is 0.247. The second kappa shape index (κ2) is 5.73. The number of ether oxygens (including phenoxy) is 1. The zero-order chi connectivity index (χ0) is 13.9. The molecule has 3 rings (SSSR count). The fourth-order valence-corrected chi connectivity index (χ4v) is 2.79. The molecule has 5 nitrogen and oxygen atoms in total. The van der Waals surface area contributed by atoms with Gasteiger partial charge in [-0.15, -0.1) is 10.2 Å². The Balaban J connectivity index is 1.99. The lowest BCUT2D eigenvalue weighted by Crippen LogP contribution is -2.35. The number of likely N-dealkylation sites (N-methyl/N-ethyl adjacent to an activating group) is 1. The Bertz CT molecular complexity index is 567. The minimum Gasteiger partial charge on any atom is -0.379 e. The van der Waals surface area contributed by atoms with Crippen molar-refractivity contribution in [2.45, 2.75) is 25.8 Å². The minimum atomic E-state index is 0.247. The van der Waals surface area contributed by atoms with E-state index >= 15 is 0 Å². The van der Waals surface area contributed by atoms with Gasteiger partial charge in [-0.3, -0.25) is 4.57 Å². The Hall–Kier alpha value is -1.72. The van der Waals surface area contributed by atoms with Gasteiger partial charge in [-0.2, -0.15) is 0 Å². The lowest BCUT2D eigenvalue weighted by molar-refractivity contribution is 0.187. The van der Waals surface area contributed by atoms with Crippen LogP contribution in [0.15, 0.2) is 30.3 Å². The van der Waals surface area contributed by atoms with Crippen LogP contribution < -0.4 is 5.32 Å². The standard InChI is InChI=1S/C15H20N4O/c1-3-16-14-10-20-9-13(14)15-18-17-11(2)19(15)12-7-5-4-6-8-12/h4-8,13-14,16H,3,9-10H2,1-2H3. The van der Waals surface area contributed by atoms with Crippen molar-refractivity contribution in [1.82, 2.24) is 20.1 Å². The molecule has 2 atom stereocenters. The Morgan fingerprint density at radius 3 is 2.80 bits per heavy atom. The molecule has 5 heteroatoms. The fraction of sp³-hybridized carbons (Fsp3) is 0.467. The first kappa shape index (κ1) is 13.3. The van der Waals surface area contributed by atoms with Gasteiger partial charge in [-0.05, 0) is 25.6 Å². The van der Waals surface area contributed by atoms with Crippen LogP contribution >= 0.6 is 0 Å². The predicted octanol–water partition coefficient (Wildman–Crippen LogP) is 1.67. The lowest BCUT2D eigenvalue weighted by atomic mass is 10.0. The topological polar surface area (TPSA) is 52.0 Å². The summed E-state index contributed by atoms with van der Waals surface area (Å²) in [4.78, 5) is 0. The highest BCUT2D eigenvalue weighted by molar-refractivity contribution is 5.34. The van der Waals surface area contributed by atoms with Crippen molar-refractivity contribution in [2.75, 3.05) is 19.8 Å². The highest BCUT2D eigenvalue weighted by Gasteiger charge is 2.33. The molecule has 0 saturated carbocycles. The normalized spacial score (nSPS) is 22.3. The molecule has 2 aromatic rings. The monoisotopic (exact) mass is 272 g/mol. The summed E-state index contributed by atoms with van der Waals surface area (Å²) in [7, 11) is 0. The molecule has 2 heterocycles.